The topological polar surface area (TPSA) is 0 Å². The molecule has 1 rings (SSSR count). The van der Waals surface area contributed by atoms with Crippen molar-refractivity contribution in [3.05, 3.63) is 35.9 Å². The predicted molar refractivity (Wildman–Crippen MR) is 37.4 cm³/mol. The van der Waals surface area contributed by atoms with Crippen LogP contribution in [0.4, 0.5) is 0 Å². The molecule has 0 nitrogen and oxygen atoms in total. The number of benzene rings is 1. The van der Waals surface area contributed by atoms with Gasteiger partial charge in [0.1, 0.15) is 0 Å². The molecule has 0 heterocycles. The van der Waals surface area contributed by atoms with E-state index in [1.807, 2.05) is 23.1 Å². The molecule has 0 aliphatic rings. The molecule has 8 heavy (non-hydrogen) atoms. The van der Waals surface area contributed by atoms with Gasteiger partial charge in [-0.1, -0.05) is 0 Å². The first-order valence-electron chi connectivity index (χ1n) is 2.44. The van der Waals surface area contributed by atoms with Gasteiger partial charge < -0.3 is 0 Å². The van der Waals surface area contributed by atoms with Crippen LogP contribution in [0.3, 0.4) is 0 Å². The molecule has 0 N–H and O–H groups in total. The van der Waals surface area contributed by atoms with Crippen molar-refractivity contribution in [1.82, 2.24) is 0 Å². The summed E-state index contributed by atoms with van der Waals surface area (Å²) in [5.41, 5.74) is 1.23. The van der Waals surface area contributed by atoms with Gasteiger partial charge in [0.15, 0.2) is 0 Å². The first kappa shape index (κ1) is 5.74. The Balaban J connectivity index is 2.99. The molecule has 0 aliphatic carbocycles. The van der Waals surface area contributed by atoms with Gasteiger partial charge in [-0.2, -0.15) is 0 Å². The van der Waals surface area contributed by atoms with Crippen molar-refractivity contribution in [3.63, 3.8) is 0 Å². The Morgan fingerprint density at radius 3 is 2.12 bits per heavy atom. The van der Waals surface area contributed by atoms with Gasteiger partial charge in [-0.15, -0.1) is 0 Å². The fourth-order valence-corrected chi connectivity index (χ4v) is 0.861. The summed E-state index contributed by atoms with van der Waals surface area (Å²) in [6.45, 7) is 0. The molecule has 0 spiro atoms. The Morgan fingerprint density at radius 1 is 1.12 bits per heavy atom. The van der Waals surface area contributed by atoms with E-state index in [2.05, 4.69) is 27.7 Å². The zero-order chi connectivity index (χ0) is 5.82. The van der Waals surface area contributed by atoms with Gasteiger partial charge in [0, 0.05) is 0 Å². The minimum absolute atomic E-state index is 1.23. The zero-order valence-electron chi connectivity index (χ0n) is 4.37. The molecule has 0 fully saturated rings. The molecule has 0 amide bonds. The maximum atomic E-state index is 2.83. The van der Waals surface area contributed by atoms with E-state index in [1.165, 1.54) is 5.56 Å². The Bertz CT molecular complexity index is 167. The van der Waals surface area contributed by atoms with Crippen LogP contribution in [-0.4, -0.2) is 20.5 Å². The fourth-order valence-electron chi connectivity index (χ4n) is 0.532. The second-order valence-electron chi connectivity index (χ2n) is 1.53. The molecular weight excluding hydrogens is 163 g/mol. The quantitative estimate of drug-likeness (QED) is 0.550. The summed E-state index contributed by atoms with van der Waals surface area (Å²) in [5, 5.41) is 0. The Labute approximate surface area is 56.9 Å². The third-order valence-electron chi connectivity index (χ3n) is 0.936. The first-order valence-corrected chi connectivity index (χ1v) is 3.42. The molecular formula is C7H6Se. The van der Waals surface area contributed by atoms with Crippen molar-refractivity contribution in [1.29, 1.82) is 0 Å². The van der Waals surface area contributed by atoms with Crippen LogP contribution < -0.4 is 0 Å². The number of hydrogen-bond donors (Lipinski definition) is 0. The SMILES string of the molecule is [Se]=Cc1ccccc1. The van der Waals surface area contributed by atoms with Crippen LogP contribution in [0, 0.1) is 0 Å². The van der Waals surface area contributed by atoms with E-state index in [1.54, 1.807) is 0 Å². The van der Waals surface area contributed by atoms with Crippen LogP contribution in [0.25, 0.3) is 0 Å². The van der Waals surface area contributed by atoms with Crippen molar-refractivity contribution in [2.24, 2.45) is 0 Å². The molecule has 0 unspecified atom stereocenters. The van der Waals surface area contributed by atoms with Crippen LogP contribution in [-0.2, 0) is 0 Å². The Hall–Kier alpha value is -0.391. The van der Waals surface area contributed by atoms with E-state index in [4.69, 9.17) is 0 Å². The molecule has 0 saturated carbocycles. The van der Waals surface area contributed by atoms with E-state index >= 15 is 0 Å². The molecule has 1 aromatic carbocycles. The van der Waals surface area contributed by atoms with Crippen LogP contribution in [0.1, 0.15) is 5.56 Å². The standard InChI is InChI=1S/C7H6Se/c8-6-7-4-2-1-3-5-7/h1-6H. The van der Waals surface area contributed by atoms with E-state index < -0.39 is 0 Å². The van der Waals surface area contributed by atoms with Crippen molar-refractivity contribution in [2.45, 2.75) is 0 Å². The normalized spacial score (nSPS) is 8.50. The van der Waals surface area contributed by atoms with E-state index in [-0.39, 0.29) is 0 Å². The van der Waals surface area contributed by atoms with Gasteiger partial charge in [0.05, 0.1) is 0 Å². The average molecular weight is 169 g/mol. The molecule has 0 bridgehead atoms. The summed E-state index contributed by atoms with van der Waals surface area (Å²) in [4.78, 5) is 1.96. The molecule has 0 atom stereocenters. The summed E-state index contributed by atoms with van der Waals surface area (Å²) in [5.74, 6) is 0. The monoisotopic (exact) mass is 170 g/mol. The Morgan fingerprint density at radius 2 is 1.75 bits per heavy atom. The minimum atomic E-state index is 1.23. The summed E-state index contributed by atoms with van der Waals surface area (Å²) >= 11 is 2.83. The van der Waals surface area contributed by atoms with Gasteiger partial charge in [0.25, 0.3) is 0 Å². The second kappa shape index (κ2) is 2.81. The second-order valence-corrected chi connectivity index (χ2v) is 2.02. The third kappa shape index (κ3) is 1.29. The fraction of sp³-hybridized carbons (Fsp3) is 0. The van der Waals surface area contributed by atoms with E-state index in [9.17, 15) is 0 Å². The van der Waals surface area contributed by atoms with Crippen molar-refractivity contribution < 1.29 is 0 Å². The maximum absolute atomic E-state index is 2.83. The van der Waals surface area contributed by atoms with Gasteiger partial charge in [-0.25, -0.2) is 0 Å². The van der Waals surface area contributed by atoms with Gasteiger partial charge in [0.2, 0.25) is 0 Å². The van der Waals surface area contributed by atoms with Gasteiger partial charge >= 0.3 is 56.4 Å². The predicted octanol–water partition coefficient (Wildman–Crippen LogP) is 1.01. The van der Waals surface area contributed by atoms with E-state index in [0.29, 0.717) is 0 Å². The molecule has 1 heteroatoms. The van der Waals surface area contributed by atoms with Crippen molar-refractivity contribution in [2.75, 3.05) is 0 Å². The van der Waals surface area contributed by atoms with E-state index in [0.717, 1.165) is 0 Å². The van der Waals surface area contributed by atoms with Crippen molar-refractivity contribution in [3.8, 4) is 0 Å². The van der Waals surface area contributed by atoms with Gasteiger partial charge in [-0.3, -0.25) is 0 Å². The molecule has 0 saturated heterocycles. The molecule has 1 aromatic rings. The third-order valence-corrected chi connectivity index (χ3v) is 1.51. The first-order chi connectivity index (χ1) is 3.93. The zero-order valence-corrected chi connectivity index (χ0v) is 6.09. The summed E-state index contributed by atoms with van der Waals surface area (Å²) < 4.78 is 0. The summed E-state index contributed by atoms with van der Waals surface area (Å²) in [6, 6.07) is 10.1. The molecule has 0 aliphatic heterocycles. The number of rotatable bonds is 1. The molecule has 40 valence electrons. The summed E-state index contributed by atoms with van der Waals surface area (Å²) in [6.07, 6.45) is 0. The Kier molecular flexibility index (Phi) is 2.01. The van der Waals surface area contributed by atoms with Crippen LogP contribution in [0.2, 0.25) is 0 Å². The van der Waals surface area contributed by atoms with Gasteiger partial charge in [-0.05, 0) is 0 Å². The van der Waals surface area contributed by atoms with Crippen molar-refractivity contribution >= 4 is 20.5 Å². The molecule has 0 aromatic heterocycles. The van der Waals surface area contributed by atoms with Crippen LogP contribution >= 0.6 is 0 Å². The average Bonchev–Trinajstić information content (AvgIpc) is 1.90. The number of hydrogen-bond acceptors (Lipinski definition) is 0. The molecule has 0 radical (unpaired) electrons. The van der Waals surface area contributed by atoms with Crippen LogP contribution in [0.15, 0.2) is 30.3 Å². The van der Waals surface area contributed by atoms with Crippen LogP contribution in [0.5, 0.6) is 0 Å². The summed E-state index contributed by atoms with van der Waals surface area (Å²) in [7, 11) is 0.